The highest BCUT2D eigenvalue weighted by Gasteiger charge is 2.25. The van der Waals surface area contributed by atoms with Gasteiger partial charge in [0.2, 0.25) is 5.91 Å². The first-order valence-corrected chi connectivity index (χ1v) is 13.8. The molecule has 3 aromatic rings. The highest BCUT2D eigenvalue weighted by Crippen LogP contribution is 2.18. The van der Waals surface area contributed by atoms with Crippen LogP contribution in [0.4, 0.5) is 0 Å². The van der Waals surface area contributed by atoms with Gasteiger partial charge in [0.1, 0.15) is 11.5 Å². The molecule has 0 N–H and O–H groups in total. The summed E-state index contributed by atoms with van der Waals surface area (Å²) in [4.78, 5) is 30.4. The van der Waals surface area contributed by atoms with Gasteiger partial charge in [-0.15, -0.1) is 0 Å². The van der Waals surface area contributed by atoms with Crippen molar-refractivity contribution in [3.05, 3.63) is 84.2 Å². The van der Waals surface area contributed by atoms with E-state index in [0.717, 1.165) is 29.8 Å². The number of methoxy groups -OCH3 is 1. The average Bonchev–Trinajstić information content (AvgIpc) is 3.38. The van der Waals surface area contributed by atoms with E-state index in [4.69, 9.17) is 9.47 Å². The van der Waals surface area contributed by atoms with E-state index in [1.165, 1.54) is 0 Å². The van der Waals surface area contributed by atoms with Gasteiger partial charge in [-0.05, 0) is 67.6 Å². The van der Waals surface area contributed by atoms with Crippen molar-refractivity contribution in [2.24, 2.45) is 5.92 Å². The Hall–Kier alpha value is -3.74. The Morgan fingerprint density at radius 3 is 2.36 bits per heavy atom. The molecular formula is C32H43N3O4. The van der Waals surface area contributed by atoms with E-state index in [9.17, 15) is 9.59 Å². The molecule has 7 heteroatoms. The SMILES string of the molecule is CCC(C)N(Cc1cccn1Cc1cccc(OC)c1)C(=O)CN(CCC(C)C)C(=O)COc1ccccc1. The summed E-state index contributed by atoms with van der Waals surface area (Å²) in [6, 6.07) is 21.4. The fraction of sp³-hybridized carbons (Fsp3) is 0.438. The molecule has 0 saturated heterocycles. The van der Waals surface area contributed by atoms with Gasteiger partial charge < -0.3 is 23.8 Å². The first-order valence-electron chi connectivity index (χ1n) is 13.8. The lowest BCUT2D eigenvalue weighted by molar-refractivity contribution is -0.143. The minimum Gasteiger partial charge on any atom is -0.497 e. The van der Waals surface area contributed by atoms with E-state index in [-0.39, 0.29) is 31.0 Å². The van der Waals surface area contributed by atoms with Gasteiger partial charge in [0.05, 0.1) is 20.2 Å². The summed E-state index contributed by atoms with van der Waals surface area (Å²) >= 11 is 0. The third-order valence-corrected chi connectivity index (χ3v) is 6.95. The number of hydrogen-bond acceptors (Lipinski definition) is 4. The van der Waals surface area contributed by atoms with Crippen LogP contribution in [-0.2, 0) is 22.7 Å². The fourth-order valence-electron chi connectivity index (χ4n) is 4.31. The number of nitrogens with zero attached hydrogens (tertiary/aromatic N) is 3. The van der Waals surface area contributed by atoms with E-state index >= 15 is 0 Å². The van der Waals surface area contributed by atoms with Crippen LogP contribution in [0.3, 0.4) is 0 Å². The molecule has 0 radical (unpaired) electrons. The van der Waals surface area contributed by atoms with Crippen molar-refractivity contribution in [1.82, 2.24) is 14.4 Å². The van der Waals surface area contributed by atoms with Crippen LogP contribution >= 0.6 is 0 Å². The van der Waals surface area contributed by atoms with Crippen molar-refractivity contribution in [3.8, 4) is 11.5 Å². The van der Waals surface area contributed by atoms with Crippen LogP contribution in [0.1, 0.15) is 51.8 Å². The lowest BCUT2D eigenvalue weighted by atomic mass is 10.1. The van der Waals surface area contributed by atoms with Crippen molar-refractivity contribution < 1.29 is 19.1 Å². The van der Waals surface area contributed by atoms with Crippen LogP contribution in [0.15, 0.2) is 72.9 Å². The molecule has 1 heterocycles. The zero-order valence-corrected chi connectivity index (χ0v) is 24.0. The Bertz CT molecular complexity index is 1170. The Morgan fingerprint density at radius 1 is 0.923 bits per heavy atom. The van der Waals surface area contributed by atoms with Gasteiger partial charge in [-0.1, -0.05) is 51.1 Å². The van der Waals surface area contributed by atoms with Gasteiger partial charge in [0.15, 0.2) is 6.61 Å². The molecule has 0 saturated carbocycles. The van der Waals surface area contributed by atoms with Gasteiger partial charge in [-0.25, -0.2) is 0 Å². The van der Waals surface area contributed by atoms with Gasteiger partial charge in [-0.2, -0.15) is 0 Å². The van der Waals surface area contributed by atoms with Crippen LogP contribution in [0, 0.1) is 5.92 Å². The highest BCUT2D eigenvalue weighted by atomic mass is 16.5. The molecule has 0 aliphatic carbocycles. The Balaban J connectivity index is 1.73. The van der Waals surface area contributed by atoms with E-state index in [1.807, 2.05) is 65.7 Å². The third-order valence-electron chi connectivity index (χ3n) is 6.95. The molecular weight excluding hydrogens is 490 g/mol. The number of hydrogen-bond donors (Lipinski definition) is 0. The summed E-state index contributed by atoms with van der Waals surface area (Å²) in [5.41, 5.74) is 2.16. The van der Waals surface area contributed by atoms with Crippen molar-refractivity contribution in [3.63, 3.8) is 0 Å². The van der Waals surface area contributed by atoms with Gasteiger partial charge in [0.25, 0.3) is 5.91 Å². The number of carbonyl (C=O) groups excluding carboxylic acids is 2. The fourth-order valence-corrected chi connectivity index (χ4v) is 4.31. The third kappa shape index (κ3) is 9.20. The molecule has 2 amide bonds. The lowest BCUT2D eigenvalue weighted by Gasteiger charge is -2.32. The maximum Gasteiger partial charge on any atom is 0.260 e. The van der Waals surface area contributed by atoms with Crippen LogP contribution in [0.25, 0.3) is 0 Å². The van der Waals surface area contributed by atoms with Crippen molar-refractivity contribution in [2.45, 2.75) is 59.7 Å². The second-order valence-corrected chi connectivity index (χ2v) is 10.4. The Morgan fingerprint density at radius 2 is 1.67 bits per heavy atom. The molecule has 210 valence electrons. The minimum atomic E-state index is -0.182. The minimum absolute atomic E-state index is 0.0280. The first kappa shape index (κ1) is 29.8. The maximum absolute atomic E-state index is 13.7. The summed E-state index contributed by atoms with van der Waals surface area (Å²) in [6.07, 6.45) is 3.67. The number of amides is 2. The molecule has 2 aromatic carbocycles. The van der Waals surface area contributed by atoms with Crippen LogP contribution < -0.4 is 9.47 Å². The molecule has 7 nitrogen and oxygen atoms in total. The molecule has 0 spiro atoms. The zero-order chi connectivity index (χ0) is 28.2. The number of rotatable bonds is 15. The topological polar surface area (TPSA) is 64.0 Å². The molecule has 0 aliphatic rings. The number of aromatic nitrogens is 1. The molecule has 0 aliphatic heterocycles. The molecule has 1 aromatic heterocycles. The maximum atomic E-state index is 13.7. The summed E-state index contributed by atoms with van der Waals surface area (Å²) in [7, 11) is 1.67. The predicted molar refractivity (Wildman–Crippen MR) is 155 cm³/mol. The largest absolute Gasteiger partial charge is 0.497 e. The molecule has 0 fully saturated rings. The predicted octanol–water partition coefficient (Wildman–Crippen LogP) is 5.63. The lowest BCUT2D eigenvalue weighted by Crippen LogP contribution is -2.47. The monoisotopic (exact) mass is 533 g/mol. The number of para-hydroxylation sites is 1. The van der Waals surface area contributed by atoms with Gasteiger partial charge in [-0.3, -0.25) is 9.59 Å². The summed E-state index contributed by atoms with van der Waals surface area (Å²) in [5.74, 6) is 1.63. The summed E-state index contributed by atoms with van der Waals surface area (Å²) in [5, 5.41) is 0. The highest BCUT2D eigenvalue weighted by molar-refractivity contribution is 5.85. The second-order valence-electron chi connectivity index (χ2n) is 10.4. The molecule has 3 rings (SSSR count). The van der Waals surface area contributed by atoms with Gasteiger partial charge >= 0.3 is 0 Å². The van der Waals surface area contributed by atoms with E-state index < -0.39 is 0 Å². The van der Waals surface area contributed by atoms with Gasteiger partial charge in [0, 0.05) is 31.0 Å². The summed E-state index contributed by atoms with van der Waals surface area (Å²) in [6.45, 7) is 9.98. The smallest absolute Gasteiger partial charge is 0.260 e. The molecule has 0 bridgehead atoms. The Labute approximate surface area is 233 Å². The quantitative estimate of drug-likeness (QED) is 0.254. The van der Waals surface area contributed by atoms with Crippen molar-refractivity contribution in [1.29, 1.82) is 0 Å². The van der Waals surface area contributed by atoms with Crippen molar-refractivity contribution >= 4 is 11.8 Å². The van der Waals surface area contributed by atoms with Crippen LogP contribution in [0.2, 0.25) is 0 Å². The summed E-state index contributed by atoms with van der Waals surface area (Å²) < 4.78 is 13.2. The number of carbonyl (C=O) groups is 2. The van der Waals surface area contributed by atoms with E-state index in [0.29, 0.717) is 31.3 Å². The molecule has 1 unspecified atom stereocenters. The van der Waals surface area contributed by atoms with Crippen molar-refractivity contribution in [2.75, 3.05) is 26.8 Å². The number of benzene rings is 2. The second kappa shape index (κ2) is 15.0. The normalized spacial score (nSPS) is 11.7. The average molecular weight is 534 g/mol. The first-order chi connectivity index (χ1) is 18.8. The molecule has 1 atom stereocenters. The van der Waals surface area contributed by atoms with Crippen LogP contribution in [-0.4, -0.2) is 59.0 Å². The van der Waals surface area contributed by atoms with E-state index in [1.54, 1.807) is 12.0 Å². The standard InChI is InChI=1S/C32H43N3O4/c1-6-26(4)35(22-28-13-11-18-33(28)21-27-12-10-16-30(20-27)38-5)31(36)23-34(19-17-25(2)3)32(37)24-39-29-14-8-7-9-15-29/h7-16,18,20,25-26H,6,17,19,21-24H2,1-5H3. The van der Waals surface area contributed by atoms with E-state index in [2.05, 4.69) is 44.4 Å². The Kier molecular flexibility index (Phi) is 11.5. The zero-order valence-electron chi connectivity index (χ0n) is 24.0. The molecule has 39 heavy (non-hydrogen) atoms. The number of ether oxygens (including phenoxy) is 2. The van der Waals surface area contributed by atoms with Crippen LogP contribution in [0.5, 0.6) is 11.5 Å².